The zero-order valence-electron chi connectivity index (χ0n) is 31.3. The summed E-state index contributed by atoms with van der Waals surface area (Å²) >= 11 is 0. The molecule has 2 amide bonds. The van der Waals surface area contributed by atoms with Crippen LogP contribution >= 0.6 is 0 Å². The van der Waals surface area contributed by atoms with Crippen LogP contribution in [0.5, 0.6) is 5.75 Å². The maximum Gasteiger partial charge on any atom is 0.333 e. The van der Waals surface area contributed by atoms with Crippen LogP contribution < -0.4 is 15.1 Å². The molecule has 0 aromatic heterocycles. The van der Waals surface area contributed by atoms with Crippen molar-refractivity contribution in [2.24, 2.45) is 0 Å². The zero-order valence-corrected chi connectivity index (χ0v) is 31.3. The van der Waals surface area contributed by atoms with E-state index in [1.165, 1.54) is 18.2 Å². The van der Waals surface area contributed by atoms with Crippen LogP contribution in [0, 0.1) is 10.1 Å². The number of aliphatic hydroxyl groups excluding tert-OH is 1. The number of aliphatic hydroxyl groups is 1. The Kier molecular flexibility index (Phi) is 14.2. The predicted octanol–water partition coefficient (Wildman–Crippen LogP) is 3.67. The van der Waals surface area contributed by atoms with Gasteiger partial charge in [-0.05, 0) is 34.0 Å². The number of nitrogens with zero attached hydrogens (tertiary/aromatic N) is 3. The third kappa shape index (κ3) is 11.0. The number of hydroxylamine groups is 2. The first-order valence-electron chi connectivity index (χ1n) is 17.9. The minimum Gasteiger partial charge on any atom is -0.494 e. The normalized spacial score (nSPS) is 13.6. The minimum absolute atomic E-state index is 0.0237. The second-order valence-corrected chi connectivity index (χ2v) is 17.8. The largest absolute Gasteiger partial charge is 0.494 e. The SMILES string of the molecule is [2H]OCc1cc(OCCCN(CCOC(=O)CCC(=O)ON2C(=O)CCC2=O)CCO[Si](c2ccccc2)(c2ccccc2)C(C)(C)C)ccc1[N+](=O)[O-]. The lowest BCUT2D eigenvalue weighted by atomic mass is 10.2. The fraction of sp³-hybridized carbons (Fsp3) is 0.421. The number of carbonyl (C=O) groups excluding carboxylic acids is 4. The molecular formula is C38H47N3O11Si. The van der Waals surface area contributed by atoms with Gasteiger partial charge in [-0.15, -0.1) is 5.06 Å². The van der Waals surface area contributed by atoms with E-state index in [0.29, 0.717) is 43.5 Å². The molecule has 1 heterocycles. The number of nitro groups is 1. The summed E-state index contributed by atoms with van der Waals surface area (Å²) in [6.07, 6.45) is -0.155. The highest BCUT2D eigenvalue weighted by atomic mass is 28.4. The Morgan fingerprint density at radius 3 is 2.08 bits per heavy atom. The number of carbonyl (C=O) groups is 4. The van der Waals surface area contributed by atoms with E-state index in [0.717, 1.165) is 10.4 Å². The summed E-state index contributed by atoms with van der Waals surface area (Å²) in [6, 6.07) is 24.8. The summed E-state index contributed by atoms with van der Waals surface area (Å²) < 4.78 is 25.4. The Balaban J connectivity index is 1.40. The van der Waals surface area contributed by atoms with E-state index < -0.39 is 37.0 Å². The Bertz CT molecular complexity index is 1690. The second-order valence-electron chi connectivity index (χ2n) is 13.5. The number of esters is 1. The van der Waals surface area contributed by atoms with Crippen molar-refractivity contribution < 1.29 is 47.9 Å². The molecule has 0 spiro atoms. The van der Waals surface area contributed by atoms with E-state index in [9.17, 15) is 29.3 Å². The van der Waals surface area contributed by atoms with Crippen molar-refractivity contribution in [3.63, 3.8) is 0 Å². The lowest BCUT2D eigenvalue weighted by Crippen LogP contribution is -2.67. The molecule has 1 aliphatic rings. The Hall–Kier alpha value is -4.96. The summed E-state index contributed by atoms with van der Waals surface area (Å²) in [5.74, 6) is -2.32. The molecule has 0 aliphatic carbocycles. The monoisotopic (exact) mass is 750 g/mol. The highest BCUT2D eigenvalue weighted by Crippen LogP contribution is 2.36. The molecule has 1 aliphatic heterocycles. The number of imide groups is 1. The first-order chi connectivity index (χ1) is 25.9. The van der Waals surface area contributed by atoms with Crippen molar-refractivity contribution >= 4 is 48.1 Å². The average molecular weight is 751 g/mol. The van der Waals surface area contributed by atoms with Crippen molar-refractivity contribution in [3.8, 4) is 5.75 Å². The van der Waals surface area contributed by atoms with Crippen molar-refractivity contribution in [1.82, 2.24) is 9.96 Å². The van der Waals surface area contributed by atoms with Crippen LogP contribution in [-0.4, -0.2) is 93.0 Å². The summed E-state index contributed by atoms with van der Waals surface area (Å²) in [7, 11) is -2.81. The molecule has 1 fully saturated rings. The number of ether oxygens (including phenoxy) is 2. The van der Waals surface area contributed by atoms with E-state index in [1.54, 1.807) is 0 Å². The quantitative estimate of drug-likeness (QED) is 0.0419. The van der Waals surface area contributed by atoms with Crippen LogP contribution in [0.25, 0.3) is 0 Å². The van der Waals surface area contributed by atoms with Gasteiger partial charge in [-0.1, -0.05) is 81.4 Å². The number of amides is 2. The molecule has 0 saturated carbocycles. The van der Waals surface area contributed by atoms with Gasteiger partial charge < -0.3 is 23.8 Å². The summed E-state index contributed by atoms with van der Waals surface area (Å²) in [4.78, 5) is 65.8. The van der Waals surface area contributed by atoms with Crippen molar-refractivity contribution in [1.29, 1.82) is 1.43 Å². The van der Waals surface area contributed by atoms with Crippen LogP contribution in [-0.2, 0) is 39.8 Å². The molecule has 0 unspecified atom stereocenters. The molecule has 0 atom stereocenters. The predicted molar refractivity (Wildman–Crippen MR) is 197 cm³/mol. The topological polar surface area (TPSA) is 175 Å². The lowest BCUT2D eigenvalue weighted by molar-refractivity contribution is -0.385. The third-order valence-corrected chi connectivity index (χ3v) is 13.9. The minimum atomic E-state index is -2.81. The average Bonchev–Trinajstić information content (AvgIpc) is 3.46. The fourth-order valence-corrected chi connectivity index (χ4v) is 10.8. The molecule has 53 heavy (non-hydrogen) atoms. The Morgan fingerprint density at radius 1 is 0.887 bits per heavy atom. The molecule has 284 valence electrons. The number of rotatable bonds is 21. The molecule has 1 saturated heterocycles. The maximum absolute atomic E-state index is 12.5. The number of benzene rings is 3. The maximum atomic E-state index is 12.5. The number of hydrogen-bond acceptors (Lipinski definition) is 12. The Labute approximate surface area is 311 Å². The van der Waals surface area contributed by atoms with Crippen LogP contribution in [0.3, 0.4) is 0 Å². The standard InChI is InChI=1S/C38H47N3O11Si/c1-38(2,3)53(31-11-6-4-7-12-31,32-13-8-5-9-14-32)51-26-23-39(21-10-24-49-30-15-16-33(41(47)48)29(27-30)28-42)22-25-50-36(45)19-20-37(46)52-40-34(43)17-18-35(40)44/h4-9,11-16,27,42H,10,17-26,28H2,1-3H3/i42D. The van der Waals surface area contributed by atoms with Gasteiger partial charge in [0, 0.05) is 45.1 Å². The molecule has 0 radical (unpaired) electrons. The van der Waals surface area contributed by atoms with Gasteiger partial charge in [0.2, 0.25) is 1.43 Å². The summed E-state index contributed by atoms with van der Waals surface area (Å²) in [5, 5.41) is 18.2. The van der Waals surface area contributed by atoms with Gasteiger partial charge in [0.05, 0.1) is 36.5 Å². The Morgan fingerprint density at radius 2 is 1.49 bits per heavy atom. The van der Waals surface area contributed by atoms with E-state index >= 15 is 0 Å². The summed E-state index contributed by atoms with van der Waals surface area (Å²) in [5.41, 5.74) is 0.0626. The van der Waals surface area contributed by atoms with Crippen LogP contribution in [0.15, 0.2) is 78.9 Å². The first-order valence-corrected chi connectivity index (χ1v) is 19.4. The molecule has 14 nitrogen and oxygen atoms in total. The molecule has 0 bridgehead atoms. The van der Waals surface area contributed by atoms with E-state index in [4.69, 9.17) is 20.2 Å². The van der Waals surface area contributed by atoms with Gasteiger partial charge in [0.15, 0.2) is 0 Å². The molecule has 4 rings (SSSR count). The van der Waals surface area contributed by atoms with E-state index in [1.807, 2.05) is 36.4 Å². The lowest BCUT2D eigenvalue weighted by Gasteiger charge is -2.43. The van der Waals surface area contributed by atoms with E-state index in [-0.39, 0.29) is 61.8 Å². The summed E-state index contributed by atoms with van der Waals surface area (Å²) in [6.45, 7) is 8.38. The zero-order chi connectivity index (χ0) is 39.1. The van der Waals surface area contributed by atoms with E-state index in [2.05, 4.69) is 55.0 Å². The van der Waals surface area contributed by atoms with Gasteiger partial charge in [0.25, 0.3) is 25.8 Å². The van der Waals surface area contributed by atoms with Crippen LogP contribution in [0.4, 0.5) is 5.69 Å². The molecule has 1 N–H and O–H groups in total. The fourth-order valence-electron chi connectivity index (χ4n) is 6.22. The highest BCUT2D eigenvalue weighted by Gasteiger charge is 2.50. The first kappa shape index (κ1) is 39.2. The van der Waals surface area contributed by atoms with Gasteiger partial charge in [-0.25, -0.2) is 4.79 Å². The molecule has 3 aromatic rings. The second kappa shape index (κ2) is 19.2. The molecule has 15 heteroatoms. The smallest absolute Gasteiger partial charge is 0.333 e. The van der Waals surface area contributed by atoms with Gasteiger partial charge in [-0.3, -0.25) is 29.4 Å². The molecule has 3 aromatic carbocycles. The van der Waals surface area contributed by atoms with Crippen molar-refractivity contribution in [3.05, 3.63) is 94.5 Å². The van der Waals surface area contributed by atoms with Crippen LogP contribution in [0.1, 0.15) is 58.4 Å². The number of hydrogen-bond donors (Lipinski definition) is 1. The van der Waals surface area contributed by atoms with Gasteiger partial charge >= 0.3 is 11.9 Å². The highest BCUT2D eigenvalue weighted by molar-refractivity contribution is 6.99. The third-order valence-electron chi connectivity index (χ3n) is 8.84. The van der Waals surface area contributed by atoms with Gasteiger partial charge in [-0.2, -0.15) is 0 Å². The van der Waals surface area contributed by atoms with Gasteiger partial charge in [0.1, 0.15) is 12.4 Å². The molecular weight excluding hydrogens is 703 g/mol. The van der Waals surface area contributed by atoms with Crippen LogP contribution in [0.2, 0.25) is 5.04 Å². The number of nitro benzene ring substituents is 1. The van der Waals surface area contributed by atoms with Crippen molar-refractivity contribution in [2.75, 3.05) is 39.5 Å². The van der Waals surface area contributed by atoms with Crippen molar-refractivity contribution in [2.45, 2.75) is 64.5 Å².